The Kier molecular flexibility index (Phi) is 4.93. The van der Waals surface area contributed by atoms with Crippen LogP contribution in [0.1, 0.15) is 37.3 Å². The Hall–Kier alpha value is -0.940. The molecule has 5 heteroatoms. The van der Waals surface area contributed by atoms with E-state index in [1.165, 1.54) is 12.1 Å². The van der Waals surface area contributed by atoms with Crippen LogP contribution in [-0.4, -0.2) is 29.1 Å². The van der Waals surface area contributed by atoms with Crippen LogP contribution in [0.5, 0.6) is 0 Å². The van der Waals surface area contributed by atoms with Gasteiger partial charge in [-0.05, 0) is 43.6 Å². The highest BCUT2D eigenvalue weighted by molar-refractivity contribution is 9.10. The highest BCUT2D eigenvalue weighted by Gasteiger charge is 2.29. The number of carbonyl (C=O) groups is 1. The molecule has 0 aromatic heterocycles. The Morgan fingerprint density at radius 1 is 1.26 bits per heavy atom. The van der Waals surface area contributed by atoms with Crippen LogP contribution >= 0.6 is 15.9 Å². The molecule has 1 unspecified atom stereocenters. The van der Waals surface area contributed by atoms with Crippen LogP contribution in [0.2, 0.25) is 0 Å². The summed E-state index contributed by atoms with van der Waals surface area (Å²) in [5, 5.41) is 9.51. The Bertz CT molecular complexity index is 459. The fraction of sp³-hybridized carbons (Fsp3) is 0.500. The highest BCUT2D eigenvalue weighted by atomic mass is 79.9. The molecule has 0 saturated carbocycles. The number of rotatable bonds is 3. The molecule has 1 aliphatic heterocycles. The third-order valence-corrected chi connectivity index (χ3v) is 4.18. The standard InChI is InChI=1S/C14H17BrFNO2/c15-12-9-10(16)5-6-11(12)13(14(18)19)17-7-3-1-2-4-8-17/h5-6,9,13H,1-4,7-8H2,(H,18,19). The van der Waals surface area contributed by atoms with E-state index in [-0.39, 0.29) is 5.82 Å². The van der Waals surface area contributed by atoms with Gasteiger partial charge in [-0.15, -0.1) is 0 Å². The molecule has 1 fully saturated rings. The van der Waals surface area contributed by atoms with E-state index in [1.807, 2.05) is 4.90 Å². The first kappa shape index (κ1) is 14.5. The monoisotopic (exact) mass is 329 g/mol. The van der Waals surface area contributed by atoms with E-state index in [2.05, 4.69) is 15.9 Å². The molecule has 1 heterocycles. The summed E-state index contributed by atoms with van der Waals surface area (Å²) in [4.78, 5) is 13.6. The molecule has 1 N–H and O–H groups in total. The lowest BCUT2D eigenvalue weighted by Gasteiger charge is -2.28. The minimum Gasteiger partial charge on any atom is -0.480 e. The molecular formula is C14H17BrFNO2. The maximum absolute atomic E-state index is 13.1. The second-order valence-corrected chi connectivity index (χ2v) is 5.71. The van der Waals surface area contributed by atoms with Gasteiger partial charge in [-0.2, -0.15) is 0 Å². The van der Waals surface area contributed by atoms with Crippen LogP contribution in [0.15, 0.2) is 22.7 Å². The first-order valence-corrected chi connectivity index (χ1v) is 7.30. The van der Waals surface area contributed by atoms with Gasteiger partial charge in [0.25, 0.3) is 0 Å². The Balaban J connectivity index is 2.30. The zero-order chi connectivity index (χ0) is 13.8. The average molecular weight is 330 g/mol. The Morgan fingerprint density at radius 2 is 1.89 bits per heavy atom. The zero-order valence-corrected chi connectivity index (χ0v) is 12.2. The predicted octanol–water partition coefficient (Wildman–Crippen LogP) is 3.59. The molecule has 1 aromatic carbocycles. The van der Waals surface area contributed by atoms with Crippen LogP contribution in [0.4, 0.5) is 4.39 Å². The van der Waals surface area contributed by atoms with Crippen molar-refractivity contribution in [2.45, 2.75) is 31.7 Å². The summed E-state index contributed by atoms with van der Waals surface area (Å²) in [5.41, 5.74) is 0.621. The first-order chi connectivity index (χ1) is 9.09. The molecule has 0 aliphatic carbocycles. The van der Waals surface area contributed by atoms with E-state index in [0.717, 1.165) is 38.8 Å². The van der Waals surface area contributed by atoms with Crippen molar-refractivity contribution in [1.82, 2.24) is 4.90 Å². The van der Waals surface area contributed by atoms with E-state index in [1.54, 1.807) is 6.07 Å². The van der Waals surface area contributed by atoms with Crippen LogP contribution < -0.4 is 0 Å². The average Bonchev–Trinajstić information content (AvgIpc) is 2.61. The van der Waals surface area contributed by atoms with Gasteiger partial charge in [-0.3, -0.25) is 9.69 Å². The smallest absolute Gasteiger partial charge is 0.325 e. The topological polar surface area (TPSA) is 40.5 Å². The van der Waals surface area contributed by atoms with Gasteiger partial charge in [-0.25, -0.2) is 4.39 Å². The van der Waals surface area contributed by atoms with Crippen LogP contribution in [0.3, 0.4) is 0 Å². The van der Waals surface area contributed by atoms with E-state index in [0.29, 0.717) is 10.0 Å². The number of hydrogen-bond acceptors (Lipinski definition) is 2. The van der Waals surface area contributed by atoms with Gasteiger partial charge in [-0.1, -0.05) is 34.8 Å². The van der Waals surface area contributed by atoms with Gasteiger partial charge in [0.2, 0.25) is 0 Å². The van der Waals surface area contributed by atoms with Crippen LogP contribution in [0, 0.1) is 5.82 Å². The lowest BCUT2D eigenvalue weighted by atomic mass is 10.0. The Morgan fingerprint density at radius 3 is 2.42 bits per heavy atom. The van der Waals surface area contributed by atoms with Gasteiger partial charge in [0.05, 0.1) is 0 Å². The molecule has 0 radical (unpaired) electrons. The highest BCUT2D eigenvalue weighted by Crippen LogP contribution is 2.30. The van der Waals surface area contributed by atoms with Crippen molar-refractivity contribution in [1.29, 1.82) is 0 Å². The molecule has 1 atom stereocenters. The Labute approximate surface area is 120 Å². The molecule has 1 aliphatic rings. The molecule has 1 saturated heterocycles. The molecule has 104 valence electrons. The van der Waals surface area contributed by atoms with E-state index in [4.69, 9.17) is 0 Å². The third-order valence-electron chi connectivity index (χ3n) is 3.50. The normalized spacial score (nSPS) is 18.8. The van der Waals surface area contributed by atoms with Crippen LogP contribution in [-0.2, 0) is 4.79 Å². The summed E-state index contributed by atoms with van der Waals surface area (Å²) in [6.07, 6.45) is 4.33. The van der Waals surface area contributed by atoms with Gasteiger partial charge in [0, 0.05) is 4.47 Å². The molecule has 0 bridgehead atoms. The largest absolute Gasteiger partial charge is 0.480 e. The van der Waals surface area contributed by atoms with Crippen molar-refractivity contribution in [2.75, 3.05) is 13.1 Å². The second-order valence-electron chi connectivity index (χ2n) is 4.86. The van der Waals surface area contributed by atoms with Gasteiger partial charge >= 0.3 is 5.97 Å². The fourth-order valence-electron chi connectivity index (χ4n) is 2.56. The maximum Gasteiger partial charge on any atom is 0.325 e. The lowest BCUT2D eigenvalue weighted by Crippen LogP contribution is -2.35. The number of hydrogen-bond donors (Lipinski definition) is 1. The van der Waals surface area contributed by atoms with Crippen molar-refractivity contribution in [3.8, 4) is 0 Å². The van der Waals surface area contributed by atoms with E-state index >= 15 is 0 Å². The van der Waals surface area contributed by atoms with Crippen molar-refractivity contribution >= 4 is 21.9 Å². The van der Waals surface area contributed by atoms with Crippen LogP contribution in [0.25, 0.3) is 0 Å². The molecule has 3 nitrogen and oxygen atoms in total. The molecular weight excluding hydrogens is 313 g/mol. The van der Waals surface area contributed by atoms with Crippen molar-refractivity contribution < 1.29 is 14.3 Å². The van der Waals surface area contributed by atoms with E-state index in [9.17, 15) is 14.3 Å². The zero-order valence-electron chi connectivity index (χ0n) is 10.6. The molecule has 0 spiro atoms. The van der Waals surface area contributed by atoms with E-state index < -0.39 is 12.0 Å². The molecule has 2 rings (SSSR count). The maximum atomic E-state index is 13.1. The van der Waals surface area contributed by atoms with Gasteiger partial charge in [0.15, 0.2) is 0 Å². The summed E-state index contributed by atoms with van der Waals surface area (Å²) in [7, 11) is 0. The van der Waals surface area contributed by atoms with Crippen molar-refractivity contribution in [3.05, 3.63) is 34.1 Å². The van der Waals surface area contributed by atoms with Gasteiger partial charge in [0.1, 0.15) is 11.9 Å². The summed E-state index contributed by atoms with van der Waals surface area (Å²) < 4.78 is 13.6. The SMILES string of the molecule is O=C(O)C(c1ccc(F)cc1Br)N1CCCCCC1. The third kappa shape index (κ3) is 3.54. The molecule has 19 heavy (non-hydrogen) atoms. The fourth-order valence-corrected chi connectivity index (χ4v) is 3.13. The number of carboxylic acids is 1. The van der Waals surface area contributed by atoms with Gasteiger partial charge < -0.3 is 5.11 Å². The molecule has 1 aromatic rings. The number of likely N-dealkylation sites (tertiary alicyclic amines) is 1. The summed E-state index contributed by atoms with van der Waals surface area (Å²) in [5.74, 6) is -1.25. The quantitative estimate of drug-likeness (QED) is 0.921. The summed E-state index contributed by atoms with van der Waals surface area (Å²) in [6, 6.07) is 3.49. The minimum absolute atomic E-state index is 0.365. The number of halogens is 2. The summed E-state index contributed by atoms with van der Waals surface area (Å²) in [6.45, 7) is 1.56. The second kappa shape index (κ2) is 6.48. The summed E-state index contributed by atoms with van der Waals surface area (Å²) >= 11 is 3.27. The van der Waals surface area contributed by atoms with Crippen molar-refractivity contribution in [3.63, 3.8) is 0 Å². The minimum atomic E-state index is -0.880. The van der Waals surface area contributed by atoms with Crippen molar-refractivity contribution in [2.24, 2.45) is 0 Å². The number of benzene rings is 1. The molecule has 0 amide bonds. The number of carboxylic acid groups (broad SMARTS) is 1. The number of nitrogens with zero attached hydrogens (tertiary/aromatic N) is 1. The first-order valence-electron chi connectivity index (χ1n) is 6.51. The lowest BCUT2D eigenvalue weighted by molar-refractivity contribution is -0.143. The number of aliphatic carboxylic acids is 1. The predicted molar refractivity (Wildman–Crippen MR) is 74.5 cm³/mol.